The van der Waals surface area contributed by atoms with Crippen LogP contribution in [0.5, 0.6) is 5.75 Å². The predicted octanol–water partition coefficient (Wildman–Crippen LogP) is 1.61. The standard InChI is InChI=1S/C11H13N3OS/c1-8(13-14-11(12)16)2-3-9-4-6-10(15)7-5-9/h2-7,15H,1H3,(H3,12,14,16). The van der Waals surface area contributed by atoms with Gasteiger partial charge < -0.3 is 10.8 Å². The van der Waals surface area contributed by atoms with Gasteiger partial charge in [-0.2, -0.15) is 5.10 Å². The second kappa shape index (κ2) is 5.87. The summed E-state index contributed by atoms with van der Waals surface area (Å²) < 4.78 is 0. The summed E-state index contributed by atoms with van der Waals surface area (Å²) in [7, 11) is 0. The Morgan fingerprint density at radius 2 is 2.06 bits per heavy atom. The third kappa shape index (κ3) is 4.56. The van der Waals surface area contributed by atoms with Crippen LogP contribution in [-0.2, 0) is 0 Å². The van der Waals surface area contributed by atoms with E-state index in [1.54, 1.807) is 24.3 Å². The van der Waals surface area contributed by atoms with Crippen molar-refractivity contribution in [1.29, 1.82) is 0 Å². The first-order chi connectivity index (χ1) is 7.58. The summed E-state index contributed by atoms with van der Waals surface area (Å²) in [4.78, 5) is 0. The molecule has 0 bridgehead atoms. The normalized spacial score (nSPS) is 11.7. The minimum absolute atomic E-state index is 0.136. The molecule has 0 amide bonds. The van der Waals surface area contributed by atoms with Gasteiger partial charge in [0.1, 0.15) is 5.75 Å². The highest BCUT2D eigenvalue weighted by atomic mass is 32.1. The number of thiocarbonyl (C=S) groups is 1. The molecule has 0 heterocycles. The van der Waals surface area contributed by atoms with E-state index < -0.39 is 0 Å². The largest absolute Gasteiger partial charge is 0.508 e. The van der Waals surface area contributed by atoms with E-state index in [4.69, 9.17) is 10.8 Å². The third-order valence-electron chi connectivity index (χ3n) is 1.75. The number of aromatic hydroxyl groups is 1. The zero-order valence-corrected chi connectivity index (χ0v) is 9.66. The molecular weight excluding hydrogens is 222 g/mol. The Morgan fingerprint density at radius 3 is 2.62 bits per heavy atom. The fraction of sp³-hybridized carbons (Fsp3) is 0.0909. The molecule has 0 aliphatic carbocycles. The molecule has 0 aliphatic heterocycles. The molecule has 4 N–H and O–H groups in total. The van der Waals surface area contributed by atoms with Crippen LogP contribution in [0, 0.1) is 0 Å². The van der Waals surface area contributed by atoms with E-state index in [0.717, 1.165) is 11.3 Å². The summed E-state index contributed by atoms with van der Waals surface area (Å²) in [5, 5.41) is 13.2. The van der Waals surface area contributed by atoms with Crippen LogP contribution in [0.1, 0.15) is 12.5 Å². The van der Waals surface area contributed by atoms with Crippen molar-refractivity contribution in [3.05, 3.63) is 35.9 Å². The van der Waals surface area contributed by atoms with E-state index in [1.807, 2.05) is 19.1 Å². The molecule has 1 aromatic carbocycles. The van der Waals surface area contributed by atoms with Crippen molar-refractivity contribution in [3.8, 4) is 5.75 Å². The van der Waals surface area contributed by atoms with Crippen LogP contribution >= 0.6 is 12.2 Å². The average molecular weight is 235 g/mol. The maximum atomic E-state index is 9.09. The first kappa shape index (κ1) is 12.2. The van der Waals surface area contributed by atoms with Crippen molar-refractivity contribution in [2.45, 2.75) is 6.92 Å². The van der Waals surface area contributed by atoms with E-state index in [0.29, 0.717) is 0 Å². The van der Waals surface area contributed by atoms with Gasteiger partial charge in [0.15, 0.2) is 5.11 Å². The molecule has 0 fully saturated rings. The lowest BCUT2D eigenvalue weighted by molar-refractivity contribution is 0.475. The molecule has 5 heteroatoms. The number of allylic oxidation sites excluding steroid dienone is 1. The smallest absolute Gasteiger partial charge is 0.184 e. The topological polar surface area (TPSA) is 70.6 Å². The molecule has 1 rings (SSSR count). The number of rotatable bonds is 3. The highest BCUT2D eigenvalue weighted by Crippen LogP contribution is 2.10. The molecular formula is C11H13N3OS. The van der Waals surface area contributed by atoms with Gasteiger partial charge in [0.05, 0.1) is 5.71 Å². The number of phenolic OH excluding ortho intramolecular Hbond substituents is 1. The maximum Gasteiger partial charge on any atom is 0.184 e. The predicted molar refractivity (Wildman–Crippen MR) is 70.2 cm³/mol. The molecule has 0 saturated carbocycles. The van der Waals surface area contributed by atoms with Crippen LogP contribution in [0.4, 0.5) is 0 Å². The number of hydrogen-bond donors (Lipinski definition) is 3. The first-order valence-electron chi connectivity index (χ1n) is 4.65. The fourth-order valence-corrected chi connectivity index (χ4v) is 1.03. The summed E-state index contributed by atoms with van der Waals surface area (Å²) in [5.74, 6) is 0.248. The van der Waals surface area contributed by atoms with Gasteiger partial charge in [-0.15, -0.1) is 0 Å². The Balaban J connectivity index is 2.62. The third-order valence-corrected chi connectivity index (χ3v) is 1.84. The minimum Gasteiger partial charge on any atom is -0.508 e. The van der Waals surface area contributed by atoms with Gasteiger partial charge in [-0.3, -0.25) is 5.43 Å². The first-order valence-corrected chi connectivity index (χ1v) is 5.05. The van der Waals surface area contributed by atoms with Gasteiger partial charge in [0.25, 0.3) is 0 Å². The Bertz CT molecular complexity index is 423. The number of hydrogen-bond acceptors (Lipinski definition) is 3. The van der Waals surface area contributed by atoms with Gasteiger partial charge in [0.2, 0.25) is 0 Å². The lowest BCUT2D eigenvalue weighted by atomic mass is 10.2. The average Bonchev–Trinajstić information content (AvgIpc) is 2.25. The Hall–Kier alpha value is -1.88. The summed E-state index contributed by atoms with van der Waals surface area (Å²) in [6.45, 7) is 1.82. The highest BCUT2D eigenvalue weighted by Gasteiger charge is 1.89. The molecule has 16 heavy (non-hydrogen) atoms. The number of benzene rings is 1. The Morgan fingerprint density at radius 1 is 1.44 bits per heavy atom. The van der Waals surface area contributed by atoms with E-state index in [9.17, 15) is 0 Å². The van der Waals surface area contributed by atoms with Crippen molar-refractivity contribution in [2.24, 2.45) is 10.8 Å². The molecule has 0 aromatic heterocycles. The van der Waals surface area contributed by atoms with Gasteiger partial charge in [0, 0.05) is 0 Å². The zero-order chi connectivity index (χ0) is 12.0. The van der Waals surface area contributed by atoms with E-state index in [-0.39, 0.29) is 10.9 Å². The Kier molecular flexibility index (Phi) is 4.47. The highest BCUT2D eigenvalue weighted by molar-refractivity contribution is 7.80. The SMILES string of the molecule is CC(C=Cc1ccc(O)cc1)=NNC(N)=S. The minimum atomic E-state index is 0.136. The summed E-state index contributed by atoms with van der Waals surface area (Å²) in [5.41, 5.74) is 9.45. The zero-order valence-electron chi connectivity index (χ0n) is 8.84. The van der Waals surface area contributed by atoms with E-state index in [1.165, 1.54) is 0 Å². The lowest BCUT2D eigenvalue weighted by Gasteiger charge is -1.96. The molecule has 0 unspecified atom stereocenters. The molecule has 0 atom stereocenters. The second-order valence-corrected chi connectivity index (χ2v) is 3.59. The number of nitrogens with two attached hydrogens (primary N) is 1. The van der Waals surface area contributed by atoms with Crippen molar-refractivity contribution in [2.75, 3.05) is 0 Å². The molecule has 0 spiro atoms. The quantitative estimate of drug-likeness (QED) is 0.423. The van der Waals surface area contributed by atoms with Gasteiger partial charge in [-0.25, -0.2) is 0 Å². The van der Waals surface area contributed by atoms with E-state index >= 15 is 0 Å². The lowest BCUT2D eigenvalue weighted by Crippen LogP contribution is -2.24. The summed E-state index contributed by atoms with van der Waals surface area (Å²) in [6.07, 6.45) is 3.69. The molecule has 4 nitrogen and oxygen atoms in total. The van der Waals surface area contributed by atoms with Crippen molar-refractivity contribution < 1.29 is 5.11 Å². The van der Waals surface area contributed by atoms with Crippen LogP contribution < -0.4 is 11.2 Å². The van der Waals surface area contributed by atoms with Crippen LogP contribution in [0.2, 0.25) is 0 Å². The van der Waals surface area contributed by atoms with Crippen molar-refractivity contribution >= 4 is 29.1 Å². The summed E-state index contributed by atoms with van der Waals surface area (Å²) in [6, 6.07) is 6.86. The van der Waals surface area contributed by atoms with Crippen LogP contribution in [-0.4, -0.2) is 15.9 Å². The number of nitrogens with zero attached hydrogens (tertiary/aromatic N) is 1. The molecule has 0 radical (unpaired) electrons. The van der Waals surface area contributed by atoms with Gasteiger partial charge in [-0.1, -0.05) is 18.2 Å². The number of nitrogens with one attached hydrogen (secondary N) is 1. The molecule has 84 valence electrons. The van der Waals surface area contributed by atoms with Crippen molar-refractivity contribution in [3.63, 3.8) is 0 Å². The molecule has 0 saturated heterocycles. The van der Waals surface area contributed by atoms with Crippen LogP contribution in [0.15, 0.2) is 35.4 Å². The van der Waals surface area contributed by atoms with Crippen molar-refractivity contribution in [1.82, 2.24) is 5.43 Å². The van der Waals surface area contributed by atoms with Gasteiger partial charge in [-0.05, 0) is 42.9 Å². The molecule has 0 aliphatic rings. The summed E-state index contributed by atoms with van der Waals surface area (Å²) >= 11 is 4.61. The number of phenols is 1. The molecule has 1 aromatic rings. The van der Waals surface area contributed by atoms with E-state index in [2.05, 4.69) is 22.7 Å². The van der Waals surface area contributed by atoms with Crippen LogP contribution in [0.25, 0.3) is 6.08 Å². The Labute approximate surface area is 99.5 Å². The second-order valence-electron chi connectivity index (χ2n) is 3.15. The monoisotopic (exact) mass is 235 g/mol. The van der Waals surface area contributed by atoms with Crippen LogP contribution in [0.3, 0.4) is 0 Å². The maximum absolute atomic E-state index is 9.09. The fourth-order valence-electron chi connectivity index (χ4n) is 0.983. The number of hydrazone groups is 1. The van der Waals surface area contributed by atoms with Gasteiger partial charge >= 0.3 is 0 Å².